The Kier molecular flexibility index (Phi) is 132. The molecule has 0 rings (SSSR count). The first kappa shape index (κ1) is 30.3. The average Bonchev–Trinajstić information content (AvgIpc) is 0. The monoisotopic (exact) mass is 235 g/mol. The predicted octanol–water partition coefficient (Wildman–Crippen LogP) is -2.53. The summed E-state index contributed by atoms with van der Waals surface area (Å²) >= 11 is 0. The molecule has 0 bridgehead atoms. The van der Waals surface area contributed by atoms with Crippen LogP contribution in [0.1, 0.15) is 2.85 Å². The molecule has 4 heavy (non-hydrogen) atoms. The van der Waals surface area contributed by atoms with Crippen LogP contribution in [0.3, 0.4) is 0 Å². The third-order valence-electron chi connectivity index (χ3n) is 0. The molecule has 0 aromatic rings. The van der Waals surface area contributed by atoms with E-state index in [2.05, 4.69) is 0 Å². The van der Waals surface area contributed by atoms with Crippen molar-refractivity contribution in [1.29, 1.82) is 0 Å². The van der Waals surface area contributed by atoms with E-state index >= 15 is 0 Å². The van der Waals surface area contributed by atoms with Crippen LogP contribution in [0.15, 0.2) is 0 Å². The van der Waals surface area contributed by atoms with Gasteiger partial charge < -0.3 is 2.85 Å². The van der Waals surface area contributed by atoms with Gasteiger partial charge in [-0.1, -0.05) is 0 Å². The minimum atomic E-state index is 0. The SMILES string of the molecule is [AlH3].[H-].[H-].[Mg+2].[Mn].[SbH3]. The first-order valence-electron chi connectivity index (χ1n) is 0. The number of rotatable bonds is 0. The Bertz CT molecular complexity index is 13.5. The van der Waals surface area contributed by atoms with Crippen LogP contribution >= 0.6 is 0 Å². The van der Waals surface area contributed by atoms with Gasteiger partial charge in [0.1, 0.15) is 0 Å². The van der Waals surface area contributed by atoms with E-state index in [4.69, 9.17) is 0 Å². The Hall–Kier alpha value is 2.64. The van der Waals surface area contributed by atoms with Crippen molar-refractivity contribution in [2.24, 2.45) is 0 Å². The molecule has 0 aliphatic carbocycles. The van der Waals surface area contributed by atoms with E-state index in [1.54, 1.807) is 0 Å². The molecule has 0 aromatic heterocycles. The van der Waals surface area contributed by atoms with E-state index < -0.39 is 0 Å². The van der Waals surface area contributed by atoms with Gasteiger partial charge in [-0.25, -0.2) is 0 Å². The van der Waals surface area contributed by atoms with Crippen molar-refractivity contribution in [1.82, 2.24) is 0 Å². The fourth-order valence-electron chi connectivity index (χ4n) is 0. The normalized spacial score (nSPS) is 0. The fourth-order valence-corrected chi connectivity index (χ4v) is 0. The summed E-state index contributed by atoms with van der Waals surface area (Å²) in [5.41, 5.74) is 0. The van der Waals surface area contributed by atoms with E-state index in [9.17, 15) is 0 Å². The molecule has 1 radical (unpaired) electrons. The van der Waals surface area contributed by atoms with Crippen molar-refractivity contribution < 1.29 is 19.9 Å². The second kappa shape index (κ2) is 17.4. The van der Waals surface area contributed by atoms with Crippen LogP contribution in [-0.2, 0) is 17.1 Å². The molecule has 0 fully saturated rings. The first-order valence-corrected chi connectivity index (χ1v) is 0. The molecule has 0 heterocycles. The zero-order chi connectivity index (χ0) is 0. The molecular formula is H8AlMgMnSb. The average molecular weight is 236 g/mol. The molecule has 0 aliphatic heterocycles. The molecule has 0 amide bonds. The molecule has 0 saturated carbocycles. The molecule has 0 unspecified atom stereocenters. The van der Waals surface area contributed by atoms with Crippen molar-refractivity contribution in [2.75, 3.05) is 0 Å². The van der Waals surface area contributed by atoms with Crippen LogP contribution in [0.25, 0.3) is 0 Å². The Morgan fingerprint density at radius 3 is 1.25 bits per heavy atom. The minimum absolute atomic E-state index is 0. The zero-order valence-corrected chi connectivity index (χ0v) is 8.42. The van der Waals surface area contributed by atoms with E-state index in [0.29, 0.717) is 0 Å². The molecule has 25 valence electrons. The Morgan fingerprint density at radius 1 is 1.25 bits per heavy atom. The van der Waals surface area contributed by atoms with Gasteiger partial charge in [0.05, 0.1) is 0 Å². The van der Waals surface area contributed by atoms with Gasteiger partial charge in [0.15, 0.2) is 17.4 Å². The molecule has 0 aliphatic rings. The molecule has 4 heteroatoms. The summed E-state index contributed by atoms with van der Waals surface area (Å²) in [7, 11) is 0. The molecule has 0 atom stereocenters. The standard InChI is InChI=1S/Al.Mg.Mn.Sb.8H/q;+2;;;;;;;;;2*-1. The number of hydrogen-bond donors (Lipinski definition) is 0. The van der Waals surface area contributed by atoms with E-state index in [-0.39, 0.29) is 84.8 Å². The second-order valence-corrected chi connectivity index (χ2v) is 0. The number of hydrogen-bond acceptors (Lipinski definition) is 0. The summed E-state index contributed by atoms with van der Waals surface area (Å²) in [6, 6.07) is 0. The van der Waals surface area contributed by atoms with Crippen molar-refractivity contribution in [3.8, 4) is 0 Å². The van der Waals surface area contributed by atoms with E-state index in [1.165, 1.54) is 0 Å². The molecule has 0 nitrogen and oxygen atoms in total. The van der Waals surface area contributed by atoms with Crippen LogP contribution in [0, 0.1) is 0 Å². The van der Waals surface area contributed by atoms with Gasteiger partial charge in [-0.15, -0.1) is 0 Å². The second-order valence-electron chi connectivity index (χ2n) is 0. The first-order chi connectivity index (χ1) is 0. The summed E-state index contributed by atoms with van der Waals surface area (Å²) in [4.78, 5) is 0. The van der Waals surface area contributed by atoms with Crippen LogP contribution in [-0.4, -0.2) is 64.8 Å². The third-order valence-corrected chi connectivity index (χ3v) is 0. The quantitative estimate of drug-likeness (QED) is 0.407. The fraction of sp³-hybridized carbons (Fsp3) is 0. The van der Waals surface area contributed by atoms with Crippen molar-refractivity contribution >= 4 is 64.8 Å². The van der Waals surface area contributed by atoms with Gasteiger partial charge in [0, 0.05) is 17.1 Å². The van der Waals surface area contributed by atoms with Gasteiger partial charge in [0.2, 0.25) is 0 Å². The van der Waals surface area contributed by atoms with Crippen LogP contribution in [0.5, 0.6) is 0 Å². The summed E-state index contributed by atoms with van der Waals surface area (Å²) < 4.78 is 0. The maximum absolute atomic E-state index is 0. The van der Waals surface area contributed by atoms with Crippen LogP contribution in [0.2, 0.25) is 0 Å². The van der Waals surface area contributed by atoms with Gasteiger partial charge in [-0.05, 0) is 0 Å². The molecule has 0 aromatic carbocycles. The van der Waals surface area contributed by atoms with Crippen LogP contribution in [0.4, 0.5) is 0 Å². The maximum atomic E-state index is 0. The summed E-state index contributed by atoms with van der Waals surface area (Å²) in [5, 5.41) is 0. The summed E-state index contributed by atoms with van der Waals surface area (Å²) in [6.07, 6.45) is 0. The molecule has 0 spiro atoms. The van der Waals surface area contributed by atoms with Crippen LogP contribution < -0.4 is 0 Å². The van der Waals surface area contributed by atoms with Crippen molar-refractivity contribution in [3.05, 3.63) is 0 Å². The molecule has 0 N–H and O–H groups in total. The van der Waals surface area contributed by atoms with Gasteiger partial charge in [-0.2, -0.15) is 0 Å². The van der Waals surface area contributed by atoms with Crippen molar-refractivity contribution in [2.45, 2.75) is 0 Å². The van der Waals surface area contributed by atoms with E-state index in [1.807, 2.05) is 0 Å². The Balaban J connectivity index is 0. The summed E-state index contributed by atoms with van der Waals surface area (Å²) in [5.74, 6) is 0. The van der Waals surface area contributed by atoms with E-state index in [0.717, 1.165) is 0 Å². The van der Waals surface area contributed by atoms with Gasteiger partial charge >= 0.3 is 47.5 Å². The van der Waals surface area contributed by atoms with Gasteiger partial charge in [-0.3, -0.25) is 0 Å². The molecule has 0 saturated heterocycles. The summed E-state index contributed by atoms with van der Waals surface area (Å²) in [6.45, 7) is 0. The Morgan fingerprint density at radius 2 is 1.25 bits per heavy atom. The predicted molar refractivity (Wildman–Crippen MR) is 27.9 cm³/mol. The zero-order valence-electron chi connectivity index (χ0n) is 3.79. The van der Waals surface area contributed by atoms with Gasteiger partial charge in [0.25, 0.3) is 0 Å². The van der Waals surface area contributed by atoms with Crippen molar-refractivity contribution in [3.63, 3.8) is 0 Å². The third kappa shape index (κ3) is 8.82. The Labute approximate surface area is 83.6 Å². The topological polar surface area (TPSA) is 0 Å². The molecular weight excluding hydrogens is 228 g/mol.